The van der Waals surface area contributed by atoms with Crippen LogP contribution in [0.25, 0.3) is 0 Å². The van der Waals surface area contributed by atoms with Crippen LogP contribution < -0.4 is 10.6 Å². The van der Waals surface area contributed by atoms with Gasteiger partial charge in [-0.1, -0.05) is 19.1 Å². The number of benzene rings is 2. The van der Waals surface area contributed by atoms with E-state index in [1.54, 1.807) is 11.8 Å². The number of carbonyl (C=O) groups excluding carboxylic acids is 1. The van der Waals surface area contributed by atoms with E-state index in [-0.39, 0.29) is 23.3 Å². The molecule has 0 aliphatic carbocycles. The number of carbonyl (C=O) groups is 1. The summed E-state index contributed by atoms with van der Waals surface area (Å²) < 4.78 is 28.2. The fourth-order valence-corrected chi connectivity index (χ4v) is 3.52. The van der Waals surface area contributed by atoms with E-state index in [9.17, 15) is 13.6 Å². The Labute approximate surface area is 156 Å². The Morgan fingerprint density at radius 1 is 1.23 bits per heavy atom. The van der Waals surface area contributed by atoms with Gasteiger partial charge < -0.3 is 10.6 Å². The van der Waals surface area contributed by atoms with Crippen LogP contribution in [0.15, 0.2) is 47.4 Å². The van der Waals surface area contributed by atoms with Gasteiger partial charge in [-0.3, -0.25) is 4.79 Å². The zero-order valence-corrected chi connectivity index (χ0v) is 15.6. The second-order valence-electron chi connectivity index (χ2n) is 6.59. The molecule has 1 heterocycles. The number of thioether (sulfide) groups is 1. The molecule has 6 heteroatoms. The Hall–Kier alpha value is -1.92. The van der Waals surface area contributed by atoms with Crippen molar-refractivity contribution in [1.82, 2.24) is 10.6 Å². The first-order chi connectivity index (χ1) is 12.5. The highest BCUT2D eigenvalue weighted by Crippen LogP contribution is 2.29. The molecule has 26 heavy (non-hydrogen) atoms. The summed E-state index contributed by atoms with van der Waals surface area (Å²) in [4.78, 5) is 13.7. The van der Waals surface area contributed by atoms with E-state index in [2.05, 4.69) is 10.6 Å². The van der Waals surface area contributed by atoms with Gasteiger partial charge in [-0.2, -0.15) is 0 Å². The minimum Gasteiger partial charge on any atom is -0.345 e. The van der Waals surface area contributed by atoms with Gasteiger partial charge in [-0.25, -0.2) is 8.78 Å². The number of halogens is 2. The van der Waals surface area contributed by atoms with Gasteiger partial charge >= 0.3 is 0 Å². The topological polar surface area (TPSA) is 41.1 Å². The molecular weight excluding hydrogens is 354 g/mol. The second-order valence-corrected chi connectivity index (χ2v) is 7.47. The van der Waals surface area contributed by atoms with Crippen LogP contribution in [0.2, 0.25) is 0 Å². The molecule has 1 fully saturated rings. The monoisotopic (exact) mass is 376 g/mol. The van der Waals surface area contributed by atoms with Crippen molar-refractivity contribution >= 4 is 17.7 Å². The summed E-state index contributed by atoms with van der Waals surface area (Å²) in [6, 6.07) is 10.1. The molecule has 0 aromatic heterocycles. The van der Waals surface area contributed by atoms with Crippen molar-refractivity contribution in [2.45, 2.75) is 17.9 Å². The van der Waals surface area contributed by atoms with Gasteiger partial charge in [-0.15, -0.1) is 11.8 Å². The lowest BCUT2D eigenvalue weighted by Crippen LogP contribution is -2.50. The van der Waals surface area contributed by atoms with Gasteiger partial charge in [0.2, 0.25) is 5.91 Å². The number of hydrogen-bond acceptors (Lipinski definition) is 3. The van der Waals surface area contributed by atoms with Gasteiger partial charge in [0.05, 0.1) is 6.04 Å². The van der Waals surface area contributed by atoms with Gasteiger partial charge in [0, 0.05) is 16.4 Å². The smallest absolute Gasteiger partial charge is 0.223 e. The van der Waals surface area contributed by atoms with Crippen molar-refractivity contribution in [2.75, 3.05) is 19.3 Å². The zero-order valence-electron chi connectivity index (χ0n) is 14.8. The highest BCUT2D eigenvalue weighted by molar-refractivity contribution is 7.98. The van der Waals surface area contributed by atoms with Gasteiger partial charge in [-0.05, 0) is 61.2 Å². The Kier molecular flexibility index (Phi) is 5.94. The maximum Gasteiger partial charge on any atom is 0.223 e. The van der Waals surface area contributed by atoms with Gasteiger partial charge in [0.15, 0.2) is 0 Å². The first-order valence-corrected chi connectivity index (χ1v) is 9.82. The molecule has 3 nitrogen and oxygen atoms in total. The highest BCUT2D eigenvalue weighted by Gasteiger charge is 2.31. The van der Waals surface area contributed by atoms with E-state index in [0.717, 1.165) is 41.7 Å². The summed E-state index contributed by atoms with van der Waals surface area (Å²) in [7, 11) is 0. The minimum atomic E-state index is -0.735. The fourth-order valence-electron chi connectivity index (χ4n) is 3.05. The Bertz CT molecular complexity index is 795. The largest absolute Gasteiger partial charge is 0.345 e. The molecule has 2 atom stereocenters. The predicted octanol–water partition coefficient (Wildman–Crippen LogP) is 3.75. The SMILES string of the molecule is CSc1cccc(C(NC(=O)C(C)C2CNC2)c2cc(F)ccc2F)c1. The Balaban J connectivity index is 1.95. The van der Waals surface area contributed by atoms with Crippen molar-refractivity contribution < 1.29 is 13.6 Å². The van der Waals surface area contributed by atoms with E-state index < -0.39 is 17.7 Å². The molecule has 0 saturated carbocycles. The van der Waals surface area contributed by atoms with E-state index in [0.29, 0.717) is 0 Å². The maximum absolute atomic E-state index is 14.4. The van der Waals surface area contributed by atoms with Crippen LogP contribution in [-0.2, 0) is 4.79 Å². The Morgan fingerprint density at radius 2 is 2.00 bits per heavy atom. The first-order valence-electron chi connectivity index (χ1n) is 8.59. The number of nitrogens with one attached hydrogen (secondary N) is 2. The van der Waals surface area contributed by atoms with Crippen LogP contribution in [0.5, 0.6) is 0 Å². The van der Waals surface area contributed by atoms with Crippen molar-refractivity contribution in [3.63, 3.8) is 0 Å². The molecule has 138 valence electrons. The molecule has 3 rings (SSSR count). The molecule has 2 aromatic carbocycles. The molecule has 2 aromatic rings. The third-order valence-electron chi connectivity index (χ3n) is 4.92. The second kappa shape index (κ2) is 8.18. The summed E-state index contributed by atoms with van der Waals surface area (Å²) >= 11 is 1.56. The van der Waals surface area contributed by atoms with E-state index >= 15 is 0 Å². The lowest BCUT2D eigenvalue weighted by atomic mass is 9.87. The maximum atomic E-state index is 14.4. The lowest BCUT2D eigenvalue weighted by Gasteiger charge is -2.33. The first kappa shape index (κ1) is 18.9. The summed E-state index contributed by atoms with van der Waals surface area (Å²) in [5.41, 5.74) is 0.865. The number of hydrogen-bond donors (Lipinski definition) is 2. The summed E-state index contributed by atoms with van der Waals surface area (Å²) in [5.74, 6) is -1.15. The predicted molar refractivity (Wildman–Crippen MR) is 100 cm³/mol. The summed E-state index contributed by atoms with van der Waals surface area (Å²) in [5, 5.41) is 6.09. The molecule has 2 unspecified atom stereocenters. The standard InChI is InChI=1S/C20H22F2N2OS/c1-12(14-10-23-11-14)20(25)24-19(13-4-3-5-16(8-13)26-2)17-9-15(21)6-7-18(17)22/h3-9,12,14,19,23H,10-11H2,1-2H3,(H,24,25). The van der Waals surface area contributed by atoms with Crippen LogP contribution in [0.3, 0.4) is 0 Å². The molecule has 0 radical (unpaired) electrons. The van der Waals surface area contributed by atoms with Crippen LogP contribution in [0, 0.1) is 23.5 Å². The van der Waals surface area contributed by atoms with Crippen LogP contribution in [0.1, 0.15) is 24.1 Å². The van der Waals surface area contributed by atoms with Crippen molar-refractivity contribution in [3.8, 4) is 0 Å². The summed E-state index contributed by atoms with van der Waals surface area (Å²) in [6.07, 6.45) is 1.95. The average molecular weight is 376 g/mol. The number of rotatable bonds is 6. The fraction of sp³-hybridized carbons (Fsp3) is 0.350. The minimum absolute atomic E-state index is 0.135. The van der Waals surface area contributed by atoms with E-state index in [1.165, 1.54) is 0 Å². The molecule has 2 N–H and O–H groups in total. The molecule has 1 saturated heterocycles. The quantitative estimate of drug-likeness (QED) is 0.755. The number of amides is 1. The van der Waals surface area contributed by atoms with Crippen molar-refractivity contribution in [1.29, 1.82) is 0 Å². The molecule has 1 aliphatic rings. The molecule has 1 aliphatic heterocycles. The zero-order chi connectivity index (χ0) is 18.7. The Morgan fingerprint density at radius 3 is 2.65 bits per heavy atom. The molecule has 0 bridgehead atoms. The highest BCUT2D eigenvalue weighted by atomic mass is 32.2. The lowest BCUT2D eigenvalue weighted by molar-refractivity contribution is -0.127. The van der Waals surface area contributed by atoms with Crippen molar-refractivity contribution in [2.24, 2.45) is 11.8 Å². The van der Waals surface area contributed by atoms with Crippen LogP contribution >= 0.6 is 11.8 Å². The normalized spacial score (nSPS) is 16.6. The van der Waals surface area contributed by atoms with Crippen molar-refractivity contribution in [3.05, 3.63) is 65.2 Å². The van der Waals surface area contributed by atoms with Crippen LogP contribution in [-0.4, -0.2) is 25.3 Å². The summed E-state index contributed by atoms with van der Waals surface area (Å²) in [6.45, 7) is 3.48. The third-order valence-corrected chi connectivity index (χ3v) is 5.64. The third kappa shape index (κ3) is 4.07. The molecule has 1 amide bonds. The average Bonchev–Trinajstić information content (AvgIpc) is 2.60. The van der Waals surface area contributed by atoms with Gasteiger partial charge in [0.1, 0.15) is 11.6 Å². The van der Waals surface area contributed by atoms with Gasteiger partial charge in [0.25, 0.3) is 0 Å². The molecule has 0 spiro atoms. The van der Waals surface area contributed by atoms with E-state index in [4.69, 9.17) is 0 Å². The van der Waals surface area contributed by atoms with E-state index in [1.807, 2.05) is 37.4 Å². The molecular formula is C20H22F2N2OS. The van der Waals surface area contributed by atoms with Crippen LogP contribution in [0.4, 0.5) is 8.78 Å².